The number of nitrogens with one attached hydrogen (secondary N) is 1. The molecule has 0 heterocycles. The number of halogens is 1. The lowest BCUT2D eigenvalue weighted by Gasteiger charge is -2.30. The Balaban J connectivity index is 2.58. The molecular formula is C15H22BrNO2S. The number of esters is 1. The third kappa shape index (κ3) is 5.46. The molecule has 0 aliphatic rings. The minimum absolute atomic E-state index is 0.206. The van der Waals surface area contributed by atoms with E-state index in [1.807, 2.05) is 32.9 Å². The van der Waals surface area contributed by atoms with Gasteiger partial charge >= 0.3 is 5.97 Å². The molecule has 1 atom stereocenters. The van der Waals surface area contributed by atoms with E-state index >= 15 is 0 Å². The Kier molecular flexibility index (Phi) is 7.06. The number of hydrogen-bond donors (Lipinski definition) is 1. The third-order valence-corrected chi connectivity index (χ3v) is 4.47. The van der Waals surface area contributed by atoms with Crippen LogP contribution in [0.2, 0.25) is 0 Å². The van der Waals surface area contributed by atoms with Crippen LogP contribution in [0.1, 0.15) is 27.2 Å². The van der Waals surface area contributed by atoms with Gasteiger partial charge in [-0.2, -0.15) is 0 Å². The molecular weight excluding hydrogens is 338 g/mol. The summed E-state index contributed by atoms with van der Waals surface area (Å²) in [5.74, 6) is 0.648. The molecule has 0 radical (unpaired) electrons. The van der Waals surface area contributed by atoms with Gasteiger partial charge in [-0.1, -0.05) is 15.9 Å². The van der Waals surface area contributed by atoms with Crippen molar-refractivity contribution >= 4 is 33.7 Å². The molecule has 1 N–H and O–H groups in total. The first-order chi connectivity index (χ1) is 9.37. The van der Waals surface area contributed by atoms with Gasteiger partial charge in [-0.15, -0.1) is 11.8 Å². The molecule has 0 saturated carbocycles. The largest absolute Gasteiger partial charge is 0.468 e. The van der Waals surface area contributed by atoms with Crippen molar-refractivity contribution in [3.8, 4) is 0 Å². The van der Waals surface area contributed by atoms with Gasteiger partial charge in [-0.05, 0) is 51.5 Å². The van der Waals surface area contributed by atoms with Crippen molar-refractivity contribution in [3.63, 3.8) is 0 Å². The molecule has 3 nitrogen and oxygen atoms in total. The maximum absolute atomic E-state index is 12.0. The lowest BCUT2D eigenvalue weighted by Crippen LogP contribution is -2.53. The molecule has 0 aromatic heterocycles. The number of rotatable bonds is 7. The maximum Gasteiger partial charge on any atom is 0.325 e. The highest BCUT2D eigenvalue weighted by Gasteiger charge is 2.34. The normalized spacial score (nSPS) is 14.1. The van der Waals surface area contributed by atoms with Crippen LogP contribution in [0.25, 0.3) is 0 Å². The van der Waals surface area contributed by atoms with Crippen molar-refractivity contribution in [1.29, 1.82) is 0 Å². The van der Waals surface area contributed by atoms with Gasteiger partial charge in [0.05, 0.1) is 7.11 Å². The van der Waals surface area contributed by atoms with Gasteiger partial charge in [0, 0.05) is 21.2 Å². The average Bonchev–Trinajstić information content (AvgIpc) is 2.39. The summed E-state index contributed by atoms with van der Waals surface area (Å²) in [6, 6.07) is 8.42. The van der Waals surface area contributed by atoms with Crippen LogP contribution >= 0.6 is 27.7 Å². The van der Waals surface area contributed by atoms with E-state index < -0.39 is 5.54 Å². The zero-order valence-electron chi connectivity index (χ0n) is 12.4. The number of hydrogen-bond acceptors (Lipinski definition) is 4. The van der Waals surface area contributed by atoms with Crippen LogP contribution in [0, 0.1) is 0 Å². The summed E-state index contributed by atoms with van der Waals surface area (Å²) in [4.78, 5) is 13.2. The van der Waals surface area contributed by atoms with Gasteiger partial charge in [-0.3, -0.25) is 10.1 Å². The molecule has 112 valence electrons. The summed E-state index contributed by atoms with van der Waals surface area (Å²) in [6.07, 6.45) is 0.721. The smallest absolute Gasteiger partial charge is 0.325 e. The Morgan fingerprint density at radius 1 is 1.40 bits per heavy atom. The first-order valence-corrected chi connectivity index (χ1v) is 8.40. The van der Waals surface area contributed by atoms with E-state index in [1.54, 1.807) is 11.8 Å². The van der Waals surface area contributed by atoms with E-state index in [-0.39, 0.29) is 12.0 Å². The predicted octanol–water partition coefficient (Wildman–Crippen LogP) is 3.86. The molecule has 1 aromatic rings. The van der Waals surface area contributed by atoms with Gasteiger partial charge in [0.2, 0.25) is 0 Å². The number of benzene rings is 1. The molecule has 0 aliphatic carbocycles. The molecule has 1 rings (SSSR count). The van der Waals surface area contributed by atoms with Gasteiger partial charge in [0.1, 0.15) is 5.54 Å². The number of carbonyl (C=O) groups excluding carboxylic acids is 1. The molecule has 0 aliphatic heterocycles. The second kappa shape index (κ2) is 8.05. The Morgan fingerprint density at radius 2 is 2.00 bits per heavy atom. The quantitative estimate of drug-likeness (QED) is 0.592. The monoisotopic (exact) mass is 359 g/mol. The van der Waals surface area contributed by atoms with Crippen LogP contribution in [0.15, 0.2) is 33.6 Å². The Bertz CT molecular complexity index is 436. The molecule has 0 spiro atoms. The van der Waals surface area contributed by atoms with E-state index in [4.69, 9.17) is 4.74 Å². The van der Waals surface area contributed by atoms with Crippen LogP contribution in [0.3, 0.4) is 0 Å². The minimum Gasteiger partial charge on any atom is -0.468 e. The minimum atomic E-state index is -0.634. The van der Waals surface area contributed by atoms with E-state index in [1.165, 1.54) is 12.0 Å². The first-order valence-electron chi connectivity index (χ1n) is 6.62. The van der Waals surface area contributed by atoms with Gasteiger partial charge in [0.15, 0.2) is 0 Å². The Hall–Kier alpha value is -0.520. The van der Waals surface area contributed by atoms with Gasteiger partial charge in [-0.25, -0.2) is 0 Å². The molecule has 0 saturated heterocycles. The maximum atomic E-state index is 12.0. The molecule has 0 fully saturated rings. The van der Waals surface area contributed by atoms with Crippen molar-refractivity contribution in [1.82, 2.24) is 5.32 Å². The number of methoxy groups -OCH3 is 1. The van der Waals surface area contributed by atoms with E-state index in [0.717, 1.165) is 16.6 Å². The van der Waals surface area contributed by atoms with Crippen molar-refractivity contribution < 1.29 is 9.53 Å². The summed E-state index contributed by atoms with van der Waals surface area (Å²) in [6.45, 7) is 5.97. The number of thioether (sulfide) groups is 1. The summed E-state index contributed by atoms with van der Waals surface area (Å²) in [5, 5.41) is 3.31. The topological polar surface area (TPSA) is 38.3 Å². The first kappa shape index (κ1) is 17.5. The van der Waals surface area contributed by atoms with Gasteiger partial charge in [0.25, 0.3) is 0 Å². The summed E-state index contributed by atoms with van der Waals surface area (Å²) in [5.41, 5.74) is -0.634. The van der Waals surface area contributed by atoms with Crippen LogP contribution in [0.4, 0.5) is 0 Å². The van der Waals surface area contributed by atoms with Crippen molar-refractivity contribution in [2.75, 3.05) is 12.9 Å². The third-order valence-electron chi connectivity index (χ3n) is 2.93. The number of carbonyl (C=O) groups is 1. The van der Waals surface area contributed by atoms with Crippen LogP contribution in [-0.2, 0) is 9.53 Å². The fourth-order valence-corrected chi connectivity index (χ4v) is 3.34. The zero-order chi connectivity index (χ0) is 15.2. The van der Waals surface area contributed by atoms with Crippen LogP contribution < -0.4 is 5.32 Å². The predicted molar refractivity (Wildman–Crippen MR) is 88.2 cm³/mol. The standard InChI is InChI=1S/C15H22BrNO2S/c1-11(2)17-15(3,14(18)19-4)9-10-20-13-7-5-12(16)6-8-13/h5-8,11,17H,9-10H2,1-4H3. The fraction of sp³-hybridized carbons (Fsp3) is 0.533. The molecule has 0 bridgehead atoms. The Labute approximate surface area is 134 Å². The lowest BCUT2D eigenvalue weighted by atomic mass is 9.98. The molecule has 20 heavy (non-hydrogen) atoms. The molecule has 5 heteroatoms. The highest BCUT2D eigenvalue weighted by Crippen LogP contribution is 2.24. The molecule has 1 unspecified atom stereocenters. The lowest BCUT2D eigenvalue weighted by molar-refractivity contribution is -0.148. The zero-order valence-corrected chi connectivity index (χ0v) is 14.8. The molecule has 0 amide bonds. The van der Waals surface area contributed by atoms with E-state index in [9.17, 15) is 4.79 Å². The van der Waals surface area contributed by atoms with Crippen LogP contribution in [0.5, 0.6) is 0 Å². The summed E-state index contributed by atoms with van der Waals surface area (Å²) in [7, 11) is 1.43. The van der Waals surface area contributed by atoms with Crippen molar-refractivity contribution in [2.24, 2.45) is 0 Å². The highest BCUT2D eigenvalue weighted by atomic mass is 79.9. The van der Waals surface area contributed by atoms with Crippen LogP contribution in [-0.4, -0.2) is 30.4 Å². The SMILES string of the molecule is COC(=O)C(C)(CCSc1ccc(Br)cc1)NC(C)C. The summed E-state index contributed by atoms with van der Waals surface area (Å²) < 4.78 is 5.99. The van der Waals surface area contributed by atoms with Gasteiger partial charge < -0.3 is 4.74 Å². The second-order valence-electron chi connectivity index (χ2n) is 5.18. The average molecular weight is 360 g/mol. The van der Waals surface area contributed by atoms with Crippen molar-refractivity contribution in [3.05, 3.63) is 28.7 Å². The second-order valence-corrected chi connectivity index (χ2v) is 7.26. The summed E-state index contributed by atoms with van der Waals surface area (Å²) >= 11 is 5.16. The van der Waals surface area contributed by atoms with E-state index in [0.29, 0.717) is 0 Å². The molecule has 1 aromatic carbocycles. The highest BCUT2D eigenvalue weighted by molar-refractivity contribution is 9.10. The van der Waals surface area contributed by atoms with E-state index in [2.05, 4.69) is 33.4 Å². The fourth-order valence-electron chi connectivity index (χ4n) is 2.00. The Morgan fingerprint density at radius 3 is 2.50 bits per heavy atom. The number of ether oxygens (including phenoxy) is 1. The van der Waals surface area contributed by atoms with Crippen molar-refractivity contribution in [2.45, 2.75) is 43.7 Å².